The zero-order valence-electron chi connectivity index (χ0n) is 16.9. The Morgan fingerprint density at radius 1 is 1.10 bits per heavy atom. The highest BCUT2D eigenvalue weighted by Gasteiger charge is 2.29. The number of rotatable bonds is 6. The average Bonchev–Trinajstić information content (AvgIpc) is 3.58. The minimum Gasteiger partial charge on any atom is -0.379 e. The van der Waals surface area contributed by atoms with Gasteiger partial charge in [0.1, 0.15) is 5.69 Å². The molecule has 30 heavy (non-hydrogen) atoms. The van der Waals surface area contributed by atoms with Crippen molar-refractivity contribution in [3.8, 4) is 0 Å². The van der Waals surface area contributed by atoms with Gasteiger partial charge in [0.05, 0.1) is 24.7 Å². The lowest BCUT2D eigenvalue weighted by Gasteiger charge is -2.37. The third-order valence-electron chi connectivity index (χ3n) is 5.78. The summed E-state index contributed by atoms with van der Waals surface area (Å²) in [6.45, 7) is 5.28. The standard InChI is InChI=1S/C20H27N5O5/c26-19(14-22-9-11-30-12-10-22)24-7-5-23(6-8-24)17-4-1-15(13-18(17)25(28)29)20(27)21-16-2-3-16/h1,4,13,16H,2-3,5-12,14H2,(H,21,27). The van der Waals surface area contributed by atoms with Crippen LogP contribution in [0.25, 0.3) is 0 Å². The molecule has 0 atom stereocenters. The largest absolute Gasteiger partial charge is 0.379 e. The van der Waals surface area contributed by atoms with E-state index in [0.717, 1.165) is 25.9 Å². The number of anilines is 1. The molecule has 2 heterocycles. The van der Waals surface area contributed by atoms with Crippen LogP contribution in [0.5, 0.6) is 0 Å². The summed E-state index contributed by atoms with van der Waals surface area (Å²) in [5.41, 5.74) is 0.714. The zero-order valence-corrected chi connectivity index (χ0v) is 16.9. The van der Waals surface area contributed by atoms with Crippen molar-refractivity contribution >= 4 is 23.2 Å². The number of piperazine rings is 1. The van der Waals surface area contributed by atoms with Crippen LogP contribution in [0, 0.1) is 10.1 Å². The number of nitrogens with one attached hydrogen (secondary N) is 1. The molecule has 3 aliphatic rings. The molecule has 0 bridgehead atoms. The van der Waals surface area contributed by atoms with Gasteiger partial charge in [-0.25, -0.2) is 0 Å². The summed E-state index contributed by atoms with van der Waals surface area (Å²) in [4.78, 5) is 41.8. The van der Waals surface area contributed by atoms with Crippen LogP contribution in [0.1, 0.15) is 23.2 Å². The molecule has 3 fully saturated rings. The Bertz CT molecular complexity index is 814. The minimum atomic E-state index is -0.445. The van der Waals surface area contributed by atoms with E-state index in [9.17, 15) is 19.7 Å². The highest BCUT2D eigenvalue weighted by molar-refractivity contribution is 5.96. The number of morpholine rings is 1. The van der Waals surface area contributed by atoms with Crippen molar-refractivity contribution in [2.75, 3.05) is 63.9 Å². The molecule has 1 aromatic rings. The number of carbonyl (C=O) groups excluding carboxylic acids is 2. The summed E-state index contributed by atoms with van der Waals surface area (Å²) >= 11 is 0. The number of nitrogens with zero attached hydrogens (tertiary/aromatic N) is 4. The van der Waals surface area contributed by atoms with Crippen LogP contribution in [0.15, 0.2) is 18.2 Å². The van der Waals surface area contributed by atoms with Gasteiger partial charge in [-0.3, -0.25) is 24.6 Å². The molecule has 0 aromatic heterocycles. The molecule has 162 valence electrons. The topological polar surface area (TPSA) is 108 Å². The Balaban J connectivity index is 1.37. The lowest BCUT2D eigenvalue weighted by atomic mass is 10.1. The zero-order chi connectivity index (χ0) is 21.1. The summed E-state index contributed by atoms with van der Waals surface area (Å²) in [5, 5.41) is 14.5. The van der Waals surface area contributed by atoms with Crippen LogP contribution in [-0.2, 0) is 9.53 Å². The van der Waals surface area contributed by atoms with E-state index in [4.69, 9.17) is 4.74 Å². The van der Waals surface area contributed by atoms with Crippen molar-refractivity contribution in [2.45, 2.75) is 18.9 Å². The number of carbonyl (C=O) groups is 2. The van der Waals surface area contributed by atoms with Gasteiger partial charge >= 0.3 is 0 Å². The first kappa shape index (κ1) is 20.5. The minimum absolute atomic E-state index is 0.0773. The molecule has 10 heteroatoms. The third-order valence-corrected chi connectivity index (χ3v) is 5.78. The van der Waals surface area contributed by atoms with Crippen molar-refractivity contribution in [3.05, 3.63) is 33.9 Å². The van der Waals surface area contributed by atoms with Crippen LogP contribution in [0.3, 0.4) is 0 Å². The van der Waals surface area contributed by atoms with Gasteiger partial charge in [-0.15, -0.1) is 0 Å². The molecule has 0 spiro atoms. The summed E-state index contributed by atoms with van der Waals surface area (Å²) in [7, 11) is 0. The van der Waals surface area contributed by atoms with Gasteiger partial charge in [-0.05, 0) is 25.0 Å². The summed E-state index contributed by atoms with van der Waals surface area (Å²) < 4.78 is 5.31. The number of amides is 2. The van der Waals surface area contributed by atoms with Crippen LogP contribution in [0.4, 0.5) is 11.4 Å². The number of hydrogen-bond donors (Lipinski definition) is 1. The van der Waals surface area contributed by atoms with E-state index in [-0.39, 0.29) is 23.5 Å². The molecular weight excluding hydrogens is 390 g/mol. The monoisotopic (exact) mass is 417 g/mol. The molecule has 4 rings (SSSR count). The first-order valence-corrected chi connectivity index (χ1v) is 10.4. The highest BCUT2D eigenvalue weighted by Crippen LogP contribution is 2.30. The number of nitro groups is 1. The van der Waals surface area contributed by atoms with Gasteiger partial charge in [0.2, 0.25) is 5.91 Å². The Labute approximate surface area is 174 Å². The molecule has 0 radical (unpaired) electrons. The number of hydrogen-bond acceptors (Lipinski definition) is 7. The van der Waals surface area contributed by atoms with E-state index in [2.05, 4.69) is 10.2 Å². The normalized spacial score (nSPS) is 20.1. The van der Waals surface area contributed by atoms with Gasteiger partial charge in [-0.1, -0.05) is 0 Å². The lowest BCUT2D eigenvalue weighted by Crippen LogP contribution is -2.52. The first-order valence-electron chi connectivity index (χ1n) is 10.4. The Kier molecular flexibility index (Phi) is 6.14. The first-order chi connectivity index (χ1) is 14.5. The van der Waals surface area contributed by atoms with Crippen molar-refractivity contribution in [1.82, 2.24) is 15.1 Å². The molecule has 1 saturated carbocycles. The fraction of sp³-hybridized carbons (Fsp3) is 0.600. The lowest BCUT2D eigenvalue weighted by molar-refractivity contribution is -0.384. The van der Waals surface area contributed by atoms with Crippen LogP contribution in [0.2, 0.25) is 0 Å². The van der Waals surface area contributed by atoms with Crippen molar-refractivity contribution in [1.29, 1.82) is 0 Å². The Morgan fingerprint density at radius 2 is 1.80 bits per heavy atom. The summed E-state index contributed by atoms with van der Waals surface area (Å²) in [6.07, 6.45) is 1.92. The molecular formula is C20H27N5O5. The molecule has 2 saturated heterocycles. The molecule has 2 aliphatic heterocycles. The fourth-order valence-electron chi connectivity index (χ4n) is 3.82. The maximum Gasteiger partial charge on any atom is 0.293 e. The van der Waals surface area contributed by atoms with Gasteiger partial charge in [0, 0.05) is 56.9 Å². The van der Waals surface area contributed by atoms with E-state index >= 15 is 0 Å². The van der Waals surface area contributed by atoms with E-state index < -0.39 is 4.92 Å². The van der Waals surface area contributed by atoms with Crippen molar-refractivity contribution in [3.63, 3.8) is 0 Å². The maximum absolute atomic E-state index is 12.6. The third kappa shape index (κ3) is 4.88. The van der Waals surface area contributed by atoms with E-state index in [1.165, 1.54) is 6.07 Å². The number of nitro benzene ring substituents is 1. The van der Waals surface area contributed by atoms with Crippen LogP contribution in [-0.4, -0.2) is 91.6 Å². The van der Waals surface area contributed by atoms with Crippen molar-refractivity contribution in [2.24, 2.45) is 0 Å². The highest BCUT2D eigenvalue weighted by atomic mass is 16.6. The SMILES string of the molecule is O=C(NC1CC1)c1ccc(N2CCN(C(=O)CN3CCOCC3)CC2)c([N+](=O)[O-])c1. The Hall–Kier alpha value is -2.72. The Morgan fingerprint density at radius 3 is 2.43 bits per heavy atom. The maximum atomic E-state index is 12.6. The predicted molar refractivity (Wildman–Crippen MR) is 110 cm³/mol. The quantitative estimate of drug-likeness (QED) is 0.529. The molecule has 10 nitrogen and oxygen atoms in total. The smallest absolute Gasteiger partial charge is 0.293 e. The van der Waals surface area contributed by atoms with Gasteiger partial charge < -0.3 is 19.9 Å². The van der Waals surface area contributed by atoms with Crippen LogP contribution < -0.4 is 10.2 Å². The van der Waals surface area contributed by atoms with Crippen molar-refractivity contribution < 1.29 is 19.2 Å². The molecule has 1 aliphatic carbocycles. The fourth-order valence-corrected chi connectivity index (χ4v) is 3.82. The van der Waals surface area contributed by atoms with Crippen LogP contribution >= 0.6 is 0 Å². The van der Waals surface area contributed by atoms with Gasteiger partial charge in [0.15, 0.2) is 0 Å². The number of benzene rings is 1. The predicted octanol–water partition coefficient (Wildman–Crippen LogP) is 0.468. The molecule has 1 N–H and O–H groups in total. The second-order valence-electron chi connectivity index (χ2n) is 7.96. The van der Waals surface area contributed by atoms with E-state index in [1.54, 1.807) is 12.1 Å². The molecule has 1 aromatic carbocycles. The van der Waals surface area contributed by atoms with Gasteiger partial charge in [-0.2, -0.15) is 0 Å². The number of ether oxygens (including phenoxy) is 1. The van der Waals surface area contributed by atoms with E-state index in [0.29, 0.717) is 57.2 Å². The van der Waals surface area contributed by atoms with E-state index in [1.807, 2.05) is 9.80 Å². The molecule has 2 amide bonds. The van der Waals surface area contributed by atoms with Gasteiger partial charge in [0.25, 0.3) is 11.6 Å². The second-order valence-corrected chi connectivity index (χ2v) is 7.96. The summed E-state index contributed by atoms with van der Waals surface area (Å²) in [6, 6.07) is 4.82. The summed E-state index contributed by atoms with van der Waals surface area (Å²) in [5.74, 6) is -0.191. The molecule has 0 unspecified atom stereocenters. The average molecular weight is 417 g/mol. The second kappa shape index (κ2) is 8.97.